The van der Waals surface area contributed by atoms with Gasteiger partial charge in [-0.3, -0.25) is 4.79 Å². The van der Waals surface area contributed by atoms with Crippen LogP contribution in [0.3, 0.4) is 0 Å². The van der Waals surface area contributed by atoms with Crippen molar-refractivity contribution >= 4 is 40.9 Å². The van der Waals surface area contributed by atoms with Gasteiger partial charge in [0.2, 0.25) is 5.91 Å². The quantitative estimate of drug-likeness (QED) is 0.830. The number of nitrogens with one attached hydrogen (secondary N) is 1. The highest BCUT2D eigenvalue weighted by Crippen LogP contribution is 2.22. The molecule has 2 heterocycles. The molecule has 0 bridgehead atoms. The van der Waals surface area contributed by atoms with E-state index in [-0.39, 0.29) is 18.1 Å². The van der Waals surface area contributed by atoms with Crippen LogP contribution in [0.2, 0.25) is 4.34 Å². The van der Waals surface area contributed by atoms with Crippen LogP contribution in [-0.4, -0.2) is 22.0 Å². The van der Waals surface area contributed by atoms with Crippen molar-refractivity contribution in [2.45, 2.75) is 6.54 Å². The molecule has 0 aliphatic rings. The lowest BCUT2D eigenvalue weighted by Gasteiger charge is -2.02. The molecule has 2 N–H and O–H groups in total. The smallest absolute Gasteiger partial charge is 0.354 e. The average Bonchev–Trinajstić information content (AvgIpc) is 2.89. The van der Waals surface area contributed by atoms with Gasteiger partial charge in [-0.1, -0.05) is 17.7 Å². The summed E-state index contributed by atoms with van der Waals surface area (Å²) in [5, 5.41) is 11.4. The summed E-state index contributed by atoms with van der Waals surface area (Å²) in [6.07, 6.45) is 4.52. The van der Waals surface area contributed by atoms with Gasteiger partial charge in [-0.2, -0.15) is 0 Å². The van der Waals surface area contributed by atoms with E-state index in [1.807, 2.05) is 6.07 Å². The second-order valence-electron chi connectivity index (χ2n) is 4.05. The van der Waals surface area contributed by atoms with Crippen LogP contribution < -0.4 is 5.32 Å². The zero-order valence-electron chi connectivity index (χ0n) is 10.7. The fraction of sp³-hybridized carbons (Fsp3) is 0.0714. The molecule has 2 rings (SSSR count). The molecule has 2 aromatic rings. The van der Waals surface area contributed by atoms with Gasteiger partial charge in [-0.25, -0.2) is 9.78 Å². The van der Waals surface area contributed by atoms with Gasteiger partial charge < -0.3 is 10.4 Å². The van der Waals surface area contributed by atoms with Gasteiger partial charge in [0, 0.05) is 23.7 Å². The van der Waals surface area contributed by atoms with Crippen molar-refractivity contribution in [3.05, 3.63) is 57.0 Å². The van der Waals surface area contributed by atoms with Crippen LogP contribution in [-0.2, 0) is 11.3 Å². The Kier molecular flexibility index (Phi) is 5.08. The number of hydrogen-bond donors (Lipinski definition) is 2. The Morgan fingerprint density at radius 1 is 1.33 bits per heavy atom. The number of nitrogens with zero attached hydrogens (tertiary/aromatic N) is 1. The van der Waals surface area contributed by atoms with Crippen molar-refractivity contribution in [2.24, 2.45) is 0 Å². The van der Waals surface area contributed by atoms with Crippen LogP contribution in [0.4, 0.5) is 0 Å². The number of carboxylic acids is 1. The topological polar surface area (TPSA) is 79.3 Å². The number of amides is 1. The monoisotopic (exact) mass is 322 g/mol. The summed E-state index contributed by atoms with van der Waals surface area (Å²) in [6, 6.07) is 6.59. The van der Waals surface area contributed by atoms with Gasteiger partial charge >= 0.3 is 5.97 Å². The highest BCUT2D eigenvalue weighted by atomic mass is 35.5. The lowest BCUT2D eigenvalue weighted by atomic mass is 10.2. The SMILES string of the molecule is O=C(/C=C/c1ccc(Cl)s1)NCc1ccc(C(=O)O)nc1. The minimum Gasteiger partial charge on any atom is -0.477 e. The molecule has 108 valence electrons. The second kappa shape index (κ2) is 7.01. The van der Waals surface area contributed by atoms with Gasteiger partial charge in [0.15, 0.2) is 0 Å². The molecular formula is C14H11ClN2O3S. The van der Waals surface area contributed by atoms with Crippen LogP contribution in [0.1, 0.15) is 20.9 Å². The minimum atomic E-state index is -1.08. The minimum absolute atomic E-state index is 0.0282. The van der Waals surface area contributed by atoms with Crippen LogP contribution in [0.15, 0.2) is 36.5 Å². The predicted octanol–water partition coefficient (Wildman–Crippen LogP) is 2.82. The van der Waals surface area contributed by atoms with Gasteiger partial charge in [-0.15, -0.1) is 11.3 Å². The molecule has 0 aliphatic heterocycles. The molecule has 0 spiro atoms. The molecule has 2 aromatic heterocycles. The third kappa shape index (κ3) is 4.70. The Labute approximate surface area is 129 Å². The van der Waals surface area contributed by atoms with E-state index >= 15 is 0 Å². The number of aromatic carboxylic acids is 1. The number of carboxylic acid groups (broad SMARTS) is 1. The highest BCUT2D eigenvalue weighted by molar-refractivity contribution is 7.17. The molecule has 0 aromatic carbocycles. The lowest BCUT2D eigenvalue weighted by Crippen LogP contribution is -2.20. The second-order valence-corrected chi connectivity index (χ2v) is 5.80. The van der Waals surface area contributed by atoms with Gasteiger partial charge in [0.25, 0.3) is 0 Å². The third-order valence-electron chi connectivity index (χ3n) is 2.50. The number of hydrogen-bond acceptors (Lipinski definition) is 4. The lowest BCUT2D eigenvalue weighted by molar-refractivity contribution is -0.116. The van der Waals surface area contributed by atoms with Gasteiger partial charge in [0.05, 0.1) is 4.34 Å². The molecule has 0 aliphatic carbocycles. The number of carbonyl (C=O) groups is 2. The Morgan fingerprint density at radius 2 is 2.14 bits per heavy atom. The van der Waals surface area contributed by atoms with E-state index in [0.717, 1.165) is 10.4 Å². The molecule has 0 saturated heterocycles. The molecule has 0 unspecified atom stereocenters. The van der Waals surface area contributed by atoms with Crippen molar-refractivity contribution in [3.63, 3.8) is 0 Å². The average molecular weight is 323 g/mol. The normalized spacial score (nSPS) is 10.7. The third-order valence-corrected chi connectivity index (χ3v) is 3.70. The molecule has 7 heteroatoms. The first-order valence-electron chi connectivity index (χ1n) is 5.94. The first-order chi connectivity index (χ1) is 10.0. The standard InChI is InChI=1S/C14H11ClN2O3S/c15-12-5-2-10(21-12)3-6-13(18)17-8-9-1-4-11(14(19)20)16-7-9/h1-7H,8H2,(H,17,18)(H,19,20)/b6-3+. The van der Waals surface area contributed by atoms with Gasteiger partial charge in [0.1, 0.15) is 5.69 Å². The van der Waals surface area contributed by atoms with Crippen LogP contribution in [0.25, 0.3) is 6.08 Å². The van der Waals surface area contributed by atoms with E-state index in [1.165, 1.54) is 29.7 Å². The van der Waals surface area contributed by atoms with Crippen molar-refractivity contribution < 1.29 is 14.7 Å². The summed E-state index contributed by atoms with van der Waals surface area (Å²) in [5.74, 6) is -1.33. The van der Waals surface area contributed by atoms with E-state index in [0.29, 0.717) is 4.34 Å². The molecule has 21 heavy (non-hydrogen) atoms. The fourth-order valence-corrected chi connectivity index (χ4v) is 2.44. The maximum atomic E-state index is 11.6. The first kappa shape index (κ1) is 15.2. The number of halogens is 1. The summed E-state index contributed by atoms with van der Waals surface area (Å²) in [7, 11) is 0. The molecule has 0 saturated carbocycles. The maximum Gasteiger partial charge on any atom is 0.354 e. The number of aromatic nitrogens is 1. The molecule has 1 amide bonds. The summed E-state index contributed by atoms with van der Waals surface area (Å²) >= 11 is 7.17. The summed E-state index contributed by atoms with van der Waals surface area (Å²) in [4.78, 5) is 26.9. The highest BCUT2D eigenvalue weighted by Gasteiger charge is 2.04. The van der Waals surface area contributed by atoms with E-state index in [2.05, 4.69) is 10.3 Å². The Bertz CT molecular complexity index is 680. The summed E-state index contributed by atoms with van der Waals surface area (Å²) in [6.45, 7) is 0.279. The summed E-state index contributed by atoms with van der Waals surface area (Å²) < 4.78 is 0.666. The fourth-order valence-electron chi connectivity index (χ4n) is 1.48. The number of carbonyl (C=O) groups excluding carboxylic acids is 1. The molecule has 0 atom stereocenters. The van der Waals surface area contributed by atoms with Crippen molar-refractivity contribution in [3.8, 4) is 0 Å². The Balaban J connectivity index is 1.86. The van der Waals surface area contributed by atoms with E-state index in [9.17, 15) is 9.59 Å². The van der Waals surface area contributed by atoms with Crippen LogP contribution in [0.5, 0.6) is 0 Å². The van der Waals surface area contributed by atoms with E-state index in [1.54, 1.807) is 18.2 Å². The number of thiophene rings is 1. The van der Waals surface area contributed by atoms with E-state index < -0.39 is 5.97 Å². The number of rotatable bonds is 5. The predicted molar refractivity (Wildman–Crippen MR) is 81.4 cm³/mol. The van der Waals surface area contributed by atoms with Crippen LogP contribution in [0, 0.1) is 0 Å². The largest absolute Gasteiger partial charge is 0.477 e. The van der Waals surface area contributed by atoms with Crippen molar-refractivity contribution in [1.29, 1.82) is 0 Å². The molecule has 0 fully saturated rings. The molecule has 0 radical (unpaired) electrons. The number of pyridine rings is 1. The van der Waals surface area contributed by atoms with Crippen LogP contribution >= 0.6 is 22.9 Å². The Hall–Kier alpha value is -2.18. The van der Waals surface area contributed by atoms with E-state index in [4.69, 9.17) is 16.7 Å². The zero-order chi connectivity index (χ0) is 15.2. The zero-order valence-corrected chi connectivity index (χ0v) is 12.3. The van der Waals surface area contributed by atoms with Gasteiger partial charge in [-0.05, 0) is 29.8 Å². The first-order valence-corrected chi connectivity index (χ1v) is 7.13. The van der Waals surface area contributed by atoms with Crippen molar-refractivity contribution in [1.82, 2.24) is 10.3 Å². The van der Waals surface area contributed by atoms with Crippen molar-refractivity contribution in [2.75, 3.05) is 0 Å². The molecule has 5 nitrogen and oxygen atoms in total. The molecular weight excluding hydrogens is 312 g/mol. The Morgan fingerprint density at radius 3 is 2.71 bits per heavy atom. The summed E-state index contributed by atoms with van der Waals surface area (Å²) in [5.41, 5.74) is 0.695. The maximum absolute atomic E-state index is 11.6.